The van der Waals surface area contributed by atoms with Crippen LogP contribution in [0.5, 0.6) is 0 Å². The second-order valence-corrected chi connectivity index (χ2v) is 0.714. The second-order valence-electron chi connectivity index (χ2n) is 0.714. The monoisotopic (exact) mass is 463 g/mol. The Bertz CT molecular complexity index is 120. The summed E-state index contributed by atoms with van der Waals surface area (Å²) in [4.78, 5) is 25.1. The van der Waals surface area contributed by atoms with Crippen molar-refractivity contribution < 1.29 is 114 Å². The Hall–Kier alpha value is -1.72. The van der Waals surface area contributed by atoms with E-state index in [-0.39, 0.29) is 83.4 Å². The topological polar surface area (TPSA) is 474 Å². The Morgan fingerprint density at radius 2 is 0.435 bits per heavy atom. The molecule has 0 bridgehead atoms. The van der Waals surface area contributed by atoms with E-state index in [9.17, 15) is 0 Å². The van der Waals surface area contributed by atoms with Gasteiger partial charge in [0, 0.05) is 34.1 Å². The van der Waals surface area contributed by atoms with E-state index in [1.54, 1.807) is 0 Å². The fraction of sp³-hybridized carbons (Fsp3) is 0. The third kappa shape index (κ3) is 2290. The molecule has 0 spiro atoms. The van der Waals surface area contributed by atoms with Gasteiger partial charge < -0.3 is 64.9 Å². The molecule has 23 heteroatoms. The average Bonchev–Trinajstić information content (AvgIpc) is 1.54. The molecule has 23 heavy (non-hydrogen) atoms. The summed E-state index contributed by atoms with van der Waals surface area (Å²) in [6.45, 7) is 0. The summed E-state index contributed by atoms with van der Waals surface area (Å²) in [6, 6.07) is 0. The van der Waals surface area contributed by atoms with Gasteiger partial charge in [-0.2, -0.15) is 0 Å². The minimum atomic E-state index is -1.50. The number of hydrogen-bond acceptors (Lipinski definition) is 6. The van der Waals surface area contributed by atoms with Crippen LogP contribution in [-0.2, 0) is 34.1 Å². The molecular weight excluding hydrogens is 442 g/mol. The van der Waals surface area contributed by atoms with E-state index in [0.717, 1.165) is 0 Å². The largest absolute Gasteiger partial charge is 0.412 e. The van der Waals surface area contributed by atoms with Crippen LogP contribution in [0.3, 0.4) is 0 Å². The zero-order valence-electron chi connectivity index (χ0n) is 10.3. The van der Waals surface area contributed by atoms with Crippen LogP contribution in [-0.4, -0.2) is 80.2 Å². The van der Waals surface area contributed by atoms with Crippen molar-refractivity contribution in [2.24, 2.45) is 0 Å². The van der Waals surface area contributed by atoms with Gasteiger partial charge in [-0.15, -0.1) is 30.3 Å². The van der Waals surface area contributed by atoms with E-state index in [1.165, 1.54) is 0 Å². The van der Waals surface area contributed by atoms with Crippen LogP contribution < -0.4 is 0 Å². The molecule has 0 aliphatic heterocycles. The molecule has 0 fully saturated rings. The van der Waals surface area contributed by atoms with Gasteiger partial charge in [0.2, 0.25) is 0 Å². The van der Waals surface area contributed by atoms with E-state index < -0.39 is 15.3 Å². The Morgan fingerprint density at radius 3 is 0.435 bits per heavy atom. The minimum absolute atomic E-state index is 0. The van der Waals surface area contributed by atoms with E-state index in [4.69, 9.17) is 46.0 Å². The van der Waals surface area contributed by atoms with E-state index in [1.807, 2.05) is 0 Å². The molecule has 0 amide bonds. The molecule has 0 aromatic heterocycles. The molecule has 21 nitrogen and oxygen atoms in total. The van der Waals surface area contributed by atoms with E-state index in [0.29, 0.717) is 0 Å². The first-order chi connectivity index (χ1) is 5.20. The third-order valence-corrected chi connectivity index (χ3v) is 0. The van der Waals surface area contributed by atoms with Gasteiger partial charge in [-0.1, -0.05) is 0 Å². The molecule has 0 saturated carbocycles. The molecule has 0 aromatic rings. The van der Waals surface area contributed by atoms with Gasteiger partial charge in [0.25, 0.3) is 15.3 Å². The predicted molar refractivity (Wildman–Crippen MR) is 58.9 cm³/mol. The van der Waals surface area contributed by atoms with Gasteiger partial charge >= 0.3 is 0 Å². The van der Waals surface area contributed by atoms with Crippen LogP contribution in [0.15, 0.2) is 0 Å². The maximum absolute atomic E-state index is 8.36. The maximum Gasteiger partial charge on any atom is 0.291 e. The van der Waals surface area contributed by atoms with Crippen LogP contribution in [0.25, 0.3) is 0 Å². The summed E-state index contributed by atoms with van der Waals surface area (Å²) >= 11 is 0. The van der Waals surface area contributed by atoms with Gasteiger partial charge in [0.1, 0.15) is 0 Å². The summed E-state index contributed by atoms with van der Waals surface area (Å²) in [5, 5.41) is 40.9. The Morgan fingerprint density at radius 1 is 0.435 bits per heavy atom. The number of rotatable bonds is 0. The van der Waals surface area contributed by atoms with Crippen molar-refractivity contribution in [1.29, 1.82) is 0 Å². The molecular formula is H21Fe2N3O18. The average molecular weight is 463 g/mol. The molecule has 0 aliphatic rings. The Labute approximate surface area is 145 Å². The first kappa shape index (κ1) is 165. The molecule has 0 radical (unpaired) electrons. The van der Waals surface area contributed by atoms with Crippen LogP contribution >= 0.6 is 0 Å². The van der Waals surface area contributed by atoms with Crippen LogP contribution in [0, 0.1) is 30.3 Å². The zero-order chi connectivity index (χ0) is 10.7. The van der Waals surface area contributed by atoms with Crippen molar-refractivity contribution in [3.05, 3.63) is 30.3 Å². The van der Waals surface area contributed by atoms with Gasteiger partial charge in [-0.3, -0.25) is 0 Å². The standard InChI is InChI=1S/2Fe.3HNO3.9H2O/c;;3*2-1(3)4;;;;;;;;;/h;;3*(H,2,3,4);9*1H2. The van der Waals surface area contributed by atoms with Crippen molar-refractivity contribution in [2.45, 2.75) is 0 Å². The summed E-state index contributed by atoms with van der Waals surface area (Å²) in [6.07, 6.45) is 0. The van der Waals surface area contributed by atoms with E-state index >= 15 is 0 Å². The summed E-state index contributed by atoms with van der Waals surface area (Å²) in [5.41, 5.74) is 0. The van der Waals surface area contributed by atoms with Gasteiger partial charge in [-0.25, -0.2) is 0 Å². The molecule has 0 aliphatic carbocycles. The number of nitrogens with zero attached hydrogens (tertiary/aromatic N) is 3. The quantitative estimate of drug-likeness (QED) is 0.174. The minimum Gasteiger partial charge on any atom is -0.412 e. The first-order valence-electron chi connectivity index (χ1n) is 1.70. The fourth-order valence-electron chi connectivity index (χ4n) is 0. The van der Waals surface area contributed by atoms with Crippen molar-refractivity contribution >= 4 is 0 Å². The molecule has 21 N–H and O–H groups in total. The first-order valence-corrected chi connectivity index (χ1v) is 1.70. The van der Waals surface area contributed by atoms with Crippen molar-refractivity contribution in [3.8, 4) is 0 Å². The van der Waals surface area contributed by atoms with Crippen LogP contribution in [0.2, 0.25) is 0 Å². The van der Waals surface area contributed by atoms with Crippen molar-refractivity contribution in [2.75, 3.05) is 0 Å². The number of hydrogen-bond donors (Lipinski definition) is 3. The zero-order valence-corrected chi connectivity index (χ0v) is 12.5. The smallest absolute Gasteiger partial charge is 0.291 e. The Balaban J connectivity index is -0.00000000355. The molecule has 0 rings (SSSR count). The summed E-state index contributed by atoms with van der Waals surface area (Å²) in [7, 11) is 0. The second kappa shape index (κ2) is 142. The predicted octanol–water partition coefficient (Wildman–Crippen LogP) is -8.47. The fourth-order valence-corrected chi connectivity index (χ4v) is 0. The van der Waals surface area contributed by atoms with E-state index in [2.05, 4.69) is 0 Å². The Kier molecular flexibility index (Phi) is 1020. The van der Waals surface area contributed by atoms with Crippen molar-refractivity contribution in [3.63, 3.8) is 0 Å². The molecule has 0 atom stereocenters. The molecule has 0 saturated heterocycles. The van der Waals surface area contributed by atoms with Crippen LogP contribution in [0.1, 0.15) is 0 Å². The normalized spacial score (nSPS) is 3.13. The maximum atomic E-state index is 8.36. The van der Waals surface area contributed by atoms with Gasteiger partial charge in [-0.05, 0) is 0 Å². The third-order valence-electron chi connectivity index (χ3n) is 0. The van der Waals surface area contributed by atoms with Gasteiger partial charge in [0.15, 0.2) is 0 Å². The van der Waals surface area contributed by atoms with Gasteiger partial charge in [0.05, 0.1) is 0 Å². The molecule has 0 heterocycles. The van der Waals surface area contributed by atoms with Crippen LogP contribution in [0.4, 0.5) is 0 Å². The summed E-state index contributed by atoms with van der Waals surface area (Å²) < 4.78 is 0. The summed E-state index contributed by atoms with van der Waals surface area (Å²) in [5.74, 6) is 0. The molecule has 0 unspecified atom stereocenters. The SMILES string of the molecule is O.O.O.O.O.O.O.O.O.O=[N+]([O-])O.O=[N+]([O-])O.O=[N+]([O-])O.[Fe].[Fe]. The molecule has 0 aromatic carbocycles. The molecule has 160 valence electrons. The van der Waals surface area contributed by atoms with Crippen molar-refractivity contribution in [1.82, 2.24) is 0 Å².